The number of benzene rings is 2. The number of nitrogens with zero attached hydrogens (tertiary/aromatic N) is 4. The number of hydrogen-bond donors (Lipinski definition) is 0. The fourth-order valence-corrected chi connectivity index (χ4v) is 4.35. The van der Waals surface area contributed by atoms with Crippen molar-refractivity contribution in [2.24, 2.45) is 0 Å². The van der Waals surface area contributed by atoms with E-state index in [9.17, 15) is 9.59 Å². The van der Waals surface area contributed by atoms with Crippen LogP contribution in [0.2, 0.25) is 0 Å². The van der Waals surface area contributed by atoms with Gasteiger partial charge in [-0.3, -0.25) is 9.59 Å². The van der Waals surface area contributed by atoms with Gasteiger partial charge in [0.05, 0.1) is 0 Å². The maximum absolute atomic E-state index is 12.9. The molecule has 0 aromatic heterocycles. The Balaban J connectivity index is 1.38. The van der Waals surface area contributed by atoms with Crippen molar-refractivity contribution >= 4 is 23.2 Å². The predicted octanol–water partition coefficient (Wildman–Crippen LogP) is 2.77. The van der Waals surface area contributed by atoms with Gasteiger partial charge in [-0.25, -0.2) is 0 Å². The van der Waals surface area contributed by atoms with Gasteiger partial charge in [-0.15, -0.1) is 0 Å². The van der Waals surface area contributed by atoms with Crippen LogP contribution in [0.3, 0.4) is 0 Å². The number of rotatable bonds is 5. The fraction of sp³-hybridized carbons (Fsp3) is 0.440. The smallest absolute Gasteiger partial charge is 0.242 e. The average molecular weight is 421 g/mol. The van der Waals surface area contributed by atoms with Gasteiger partial charge in [0.25, 0.3) is 0 Å². The lowest BCUT2D eigenvalue weighted by Gasteiger charge is -2.34. The summed E-state index contributed by atoms with van der Waals surface area (Å²) in [5.41, 5.74) is 4.35. The van der Waals surface area contributed by atoms with Gasteiger partial charge in [0, 0.05) is 57.6 Å². The van der Waals surface area contributed by atoms with Crippen LogP contribution in [0, 0.1) is 0 Å². The molecule has 0 bridgehead atoms. The first-order valence-electron chi connectivity index (χ1n) is 11.2. The van der Waals surface area contributed by atoms with Gasteiger partial charge < -0.3 is 19.6 Å². The lowest BCUT2D eigenvalue weighted by Crippen LogP contribution is -2.44. The van der Waals surface area contributed by atoms with E-state index in [0.717, 1.165) is 55.8 Å². The molecule has 0 N–H and O–H groups in total. The first kappa shape index (κ1) is 21.4. The molecular formula is C25H32N4O2. The zero-order valence-corrected chi connectivity index (χ0v) is 18.6. The monoisotopic (exact) mass is 420 g/mol. The summed E-state index contributed by atoms with van der Waals surface area (Å²) in [5, 5.41) is 0. The molecule has 2 aromatic carbocycles. The van der Waals surface area contributed by atoms with Gasteiger partial charge in [0.2, 0.25) is 11.8 Å². The molecule has 6 nitrogen and oxygen atoms in total. The lowest BCUT2D eigenvalue weighted by atomic mass is 10.1. The van der Waals surface area contributed by atoms with Gasteiger partial charge >= 0.3 is 0 Å². The van der Waals surface area contributed by atoms with Crippen molar-refractivity contribution in [3.8, 4) is 0 Å². The van der Waals surface area contributed by atoms with Crippen molar-refractivity contribution in [3.05, 3.63) is 59.7 Å². The number of piperazine rings is 1. The summed E-state index contributed by atoms with van der Waals surface area (Å²) in [7, 11) is 3.97. The Morgan fingerprint density at radius 3 is 2.42 bits per heavy atom. The molecular weight excluding hydrogens is 388 g/mol. The maximum atomic E-state index is 12.9. The largest absolute Gasteiger partial charge is 0.369 e. The first-order valence-corrected chi connectivity index (χ1v) is 11.2. The second-order valence-electron chi connectivity index (χ2n) is 8.67. The van der Waals surface area contributed by atoms with Crippen molar-refractivity contribution in [2.75, 3.05) is 56.6 Å². The molecule has 31 heavy (non-hydrogen) atoms. The number of hydrogen-bond acceptors (Lipinski definition) is 4. The summed E-state index contributed by atoms with van der Waals surface area (Å²) in [6.45, 7) is 4.87. The number of fused-ring (bicyclic) bond motifs is 1. The van der Waals surface area contributed by atoms with Crippen LogP contribution in [0.25, 0.3) is 0 Å². The van der Waals surface area contributed by atoms with Crippen LogP contribution in [0.4, 0.5) is 11.4 Å². The molecule has 2 aliphatic rings. The number of aryl methyl sites for hydroxylation is 1. The number of likely N-dealkylation sites (N-methyl/N-ethyl adjacent to an activating group) is 2. The van der Waals surface area contributed by atoms with E-state index in [4.69, 9.17) is 0 Å². The molecule has 2 amide bonds. The molecule has 0 radical (unpaired) electrons. The van der Waals surface area contributed by atoms with Gasteiger partial charge in [0.15, 0.2) is 0 Å². The number of carbonyl (C=O) groups excluding carboxylic acids is 2. The summed E-state index contributed by atoms with van der Waals surface area (Å²) in [6.07, 6.45) is 2.19. The van der Waals surface area contributed by atoms with E-state index in [1.807, 2.05) is 25.2 Å². The number of amides is 2. The lowest BCUT2D eigenvalue weighted by molar-refractivity contribution is -0.130. The normalized spacial score (nSPS) is 17.3. The van der Waals surface area contributed by atoms with Crippen molar-refractivity contribution in [2.45, 2.75) is 25.8 Å². The second-order valence-corrected chi connectivity index (χ2v) is 8.67. The van der Waals surface area contributed by atoms with Crippen LogP contribution in [0.1, 0.15) is 24.0 Å². The Morgan fingerprint density at radius 2 is 1.68 bits per heavy atom. The van der Waals surface area contributed by atoms with Crippen LogP contribution in [-0.2, 0) is 22.6 Å². The minimum Gasteiger partial charge on any atom is -0.369 e. The standard InChI is InChI=1S/C25H32N4O2/c1-26-14-16-28(17-15-26)22-12-10-20(11-13-22)18-27(2)25(31)19-29-23-8-4-3-6-21(23)7-5-9-24(29)30/h3-4,6,8,10-13H,5,7,9,14-19H2,1-2H3. The maximum Gasteiger partial charge on any atom is 0.242 e. The molecule has 0 saturated carbocycles. The number of anilines is 2. The first-order chi connectivity index (χ1) is 15.0. The third-order valence-corrected chi connectivity index (χ3v) is 6.36. The summed E-state index contributed by atoms with van der Waals surface area (Å²) in [6, 6.07) is 16.4. The topological polar surface area (TPSA) is 47.1 Å². The zero-order chi connectivity index (χ0) is 21.8. The van der Waals surface area contributed by atoms with Crippen molar-refractivity contribution < 1.29 is 9.59 Å². The van der Waals surface area contributed by atoms with E-state index in [2.05, 4.69) is 47.2 Å². The Morgan fingerprint density at radius 1 is 0.968 bits per heavy atom. The summed E-state index contributed by atoms with van der Waals surface area (Å²) in [4.78, 5) is 33.7. The van der Waals surface area contributed by atoms with E-state index in [1.165, 1.54) is 5.69 Å². The average Bonchev–Trinajstić information content (AvgIpc) is 2.93. The third-order valence-electron chi connectivity index (χ3n) is 6.36. The molecule has 0 spiro atoms. The summed E-state index contributed by atoms with van der Waals surface area (Å²) in [5.74, 6) is -0.0172. The molecule has 1 saturated heterocycles. The molecule has 4 rings (SSSR count). The molecule has 1 fully saturated rings. The highest BCUT2D eigenvalue weighted by Gasteiger charge is 2.25. The summed E-state index contributed by atoms with van der Waals surface area (Å²) >= 11 is 0. The van der Waals surface area contributed by atoms with Crippen LogP contribution in [0.15, 0.2) is 48.5 Å². The van der Waals surface area contributed by atoms with Crippen LogP contribution < -0.4 is 9.80 Å². The molecule has 0 unspecified atom stereocenters. The molecule has 0 atom stereocenters. The molecule has 2 aromatic rings. The predicted molar refractivity (Wildman–Crippen MR) is 124 cm³/mol. The van der Waals surface area contributed by atoms with Gasteiger partial charge in [-0.1, -0.05) is 30.3 Å². The zero-order valence-electron chi connectivity index (χ0n) is 18.6. The SMILES string of the molecule is CN1CCN(c2ccc(CN(C)C(=O)CN3C(=O)CCCc4ccccc43)cc2)CC1. The van der Waals surface area contributed by atoms with Gasteiger partial charge in [0.1, 0.15) is 6.54 Å². The van der Waals surface area contributed by atoms with E-state index >= 15 is 0 Å². The van der Waals surface area contributed by atoms with Gasteiger partial charge in [-0.2, -0.15) is 0 Å². The highest BCUT2D eigenvalue weighted by atomic mass is 16.2. The van der Waals surface area contributed by atoms with Crippen molar-refractivity contribution in [1.29, 1.82) is 0 Å². The number of para-hydroxylation sites is 1. The highest BCUT2D eigenvalue weighted by Crippen LogP contribution is 2.27. The van der Waals surface area contributed by atoms with Crippen LogP contribution in [0.5, 0.6) is 0 Å². The fourth-order valence-electron chi connectivity index (χ4n) is 4.35. The minimum absolute atomic E-state index is 0.0308. The van der Waals surface area contributed by atoms with E-state index in [-0.39, 0.29) is 18.4 Å². The third kappa shape index (κ3) is 5.07. The molecule has 164 valence electrons. The highest BCUT2D eigenvalue weighted by molar-refractivity contribution is 5.99. The molecule has 2 aliphatic heterocycles. The Bertz CT molecular complexity index is 919. The molecule has 2 heterocycles. The quantitative estimate of drug-likeness (QED) is 0.746. The molecule has 0 aliphatic carbocycles. The second kappa shape index (κ2) is 9.52. The van der Waals surface area contributed by atoms with Crippen molar-refractivity contribution in [3.63, 3.8) is 0 Å². The Hall–Kier alpha value is -2.86. The summed E-state index contributed by atoms with van der Waals surface area (Å²) < 4.78 is 0. The van der Waals surface area contributed by atoms with E-state index in [0.29, 0.717) is 13.0 Å². The van der Waals surface area contributed by atoms with Gasteiger partial charge in [-0.05, 0) is 49.2 Å². The van der Waals surface area contributed by atoms with E-state index in [1.54, 1.807) is 9.80 Å². The Kier molecular flexibility index (Phi) is 6.56. The van der Waals surface area contributed by atoms with Crippen molar-refractivity contribution in [1.82, 2.24) is 9.80 Å². The minimum atomic E-state index is -0.0480. The molecule has 6 heteroatoms. The van der Waals surface area contributed by atoms with Crippen LogP contribution in [-0.4, -0.2) is 68.4 Å². The Labute approximate surface area is 185 Å². The number of carbonyl (C=O) groups is 2. The van der Waals surface area contributed by atoms with E-state index < -0.39 is 0 Å². The van der Waals surface area contributed by atoms with Crippen LogP contribution >= 0.6 is 0 Å².